The molecule has 3 rings (SSSR count). The lowest BCUT2D eigenvalue weighted by atomic mass is 9.60. The van der Waals surface area contributed by atoms with Gasteiger partial charge in [0.05, 0.1) is 12.2 Å². The molecule has 0 N–H and O–H groups in total. The van der Waals surface area contributed by atoms with E-state index in [1.54, 1.807) is 0 Å². The Balaban J connectivity index is 1.94. The molecule has 3 fully saturated rings. The zero-order valence-electron chi connectivity index (χ0n) is 34.8. The molecule has 0 aliphatic heterocycles. The second kappa shape index (κ2) is 13.7. The van der Waals surface area contributed by atoms with E-state index in [9.17, 15) is 0 Å². The van der Waals surface area contributed by atoms with Crippen molar-refractivity contribution in [1.82, 2.24) is 0 Å². The normalized spacial score (nSPS) is 34.2. The van der Waals surface area contributed by atoms with E-state index in [2.05, 4.69) is 93.4 Å². The maximum absolute atomic E-state index is 9.05. The molecule has 0 heterocycles. The molecule has 3 aliphatic rings. The highest BCUT2D eigenvalue weighted by Gasteiger charge is 2.50. The zero-order valence-corrected chi connectivity index (χ0v) is 32.8. The van der Waals surface area contributed by atoms with Crippen molar-refractivity contribution in [3.05, 3.63) is 35.5 Å². The third kappa shape index (κ3) is 8.69. The van der Waals surface area contributed by atoms with E-state index in [1.165, 1.54) is 11.1 Å². The molecule has 0 aromatic heterocycles. The van der Waals surface area contributed by atoms with Crippen molar-refractivity contribution in [1.29, 1.82) is 0 Å². The third-order valence-electron chi connectivity index (χ3n) is 12.2. The van der Waals surface area contributed by atoms with Gasteiger partial charge in [0, 0.05) is 11.9 Å². The van der Waals surface area contributed by atoms with Crippen LogP contribution in [-0.4, -0.2) is 28.8 Å². The van der Waals surface area contributed by atoms with Crippen molar-refractivity contribution in [2.24, 2.45) is 29.1 Å². The second-order valence-corrected chi connectivity index (χ2v) is 27.6. The molecule has 0 aromatic carbocycles. The monoisotopic (exact) mass is 633 g/mol. The van der Waals surface area contributed by atoms with Gasteiger partial charge in [-0.05, 0) is 115 Å². The summed E-state index contributed by atoms with van der Waals surface area (Å²) in [6.07, 6.45) is 8.32. The smallest absolute Gasteiger partial charge is 0.192 e. The van der Waals surface area contributed by atoms with E-state index >= 15 is 0 Å². The van der Waals surface area contributed by atoms with Crippen LogP contribution in [0.1, 0.15) is 139 Å². The predicted molar refractivity (Wildman–Crippen MR) is 195 cm³/mol. The van der Waals surface area contributed by atoms with E-state index in [1.807, 2.05) is 20.8 Å². The average Bonchev–Trinajstić information content (AvgIpc) is 3.23. The Kier molecular flexibility index (Phi) is 9.97. The average molecular weight is 633 g/mol. The second-order valence-electron chi connectivity index (χ2n) is 18.1. The van der Waals surface area contributed by atoms with Gasteiger partial charge in [0.15, 0.2) is 16.6 Å². The summed E-state index contributed by atoms with van der Waals surface area (Å²) in [6.45, 7) is 36.2. The van der Waals surface area contributed by atoms with Crippen LogP contribution in [0.4, 0.5) is 0 Å². The van der Waals surface area contributed by atoms with Crippen molar-refractivity contribution < 1.29 is 14.3 Å². The Morgan fingerprint density at radius 2 is 1.58 bits per heavy atom. The summed E-state index contributed by atoms with van der Waals surface area (Å²) in [5.41, 5.74) is 3.83. The third-order valence-corrected chi connectivity index (χ3v) is 21.2. The first-order valence-electron chi connectivity index (χ1n) is 19.5. The lowest BCUT2D eigenvalue weighted by Gasteiger charge is -2.46. The fourth-order valence-corrected chi connectivity index (χ4v) is 10.1. The van der Waals surface area contributed by atoms with Gasteiger partial charge in [-0.2, -0.15) is 0 Å². The Morgan fingerprint density at radius 3 is 2.16 bits per heavy atom. The predicted octanol–water partition coefficient (Wildman–Crippen LogP) is 12.6. The first-order chi connectivity index (χ1) is 21.1. The van der Waals surface area contributed by atoms with E-state index in [0.29, 0.717) is 5.92 Å². The molecule has 3 aliphatic carbocycles. The molecular weight excluding hydrogens is 557 g/mol. The van der Waals surface area contributed by atoms with Gasteiger partial charge in [0.25, 0.3) is 0 Å². The number of allylic oxidation sites excluding steroid dienone is 3. The van der Waals surface area contributed by atoms with Gasteiger partial charge >= 0.3 is 0 Å². The molecule has 0 aromatic rings. The molecule has 248 valence electrons. The van der Waals surface area contributed by atoms with Gasteiger partial charge in [-0.1, -0.05) is 113 Å². The van der Waals surface area contributed by atoms with Crippen LogP contribution in [0.5, 0.6) is 0 Å². The molecule has 0 saturated heterocycles. The molecule has 4 heteroatoms. The minimum Gasteiger partial charge on any atom is -0.413 e. The Labute approximate surface area is 276 Å². The topological polar surface area (TPSA) is 18.5 Å². The van der Waals surface area contributed by atoms with Gasteiger partial charge in [-0.3, -0.25) is 0 Å². The molecular formula is C39H72O2Si2. The Bertz CT molecular complexity index is 1190. The molecule has 1 unspecified atom stereocenters. The van der Waals surface area contributed by atoms with Gasteiger partial charge in [-0.25, -0.2) is 0 Å². The highest BCUT2D eigenvalue weighted by atomic mass is 28.4. The SMILES string of the molecule is [2H]C([2H])(CC(C)C)C([2H])([2H])[C@@H](C)[C@H]1CCC2/C(=C/C=C3/C[C@@H](O[Si](C)(C)C(C)(C)C)C[C@H](O[Si](C)(C)C(C)(C)C)C3=C)CCC[C@@]21C. The minimum absolute atomic E-state index is 0.0190. The summed E-state index contributed by atoms with van der Waals surface area (Å²) in [5.74, 6) is 0.339. The van der Waals surface area contributed by atoms with Crippen molar-refractivity contribution in [2.45, 2.75) is 182 Å². The molecule has 3 saturated carbocycles. The molecule has 0 bridgehead atoms. The molecule has 43 heavy (non-hydrogen) atoms. The first-order valence-corrected chi connectivity index (χ1v) is 23.3. The van der Waals surface area contributed by atoms with E-state index in [0.717, 1.165) is 50.5 Å². The first kappa shape index (κ1) is 31.2. The van der Waals surface area contributed by atoms with Crippen LogP contribution >= 0.6 is 0 Å². The van der Waals surface area contributed by atoms with Crippen molar-refractivity contribution >= 4 is 16.6 Å². The Morgan fingerprint density at radius 1 is 0.977 bits per heavy atom. The van der Waals surface area contributed by atoms with Crippen LogP contribution in [0.3, 0.4) is 0 Å². The number of fused-ring (bicyclic) bond motifs is 1. The molecule has 6 atom stereocenters. The highest BCUT2D eigenvalue weighted by molar-refractivity contribution is 6.74. The summed E-state index contributed by atoms with van der Waals surface area (Å²) in [4.78, 5) is 0. The lowest BCUT2D eigenvalue weighted by molar-refractivity contribution is 0.0927. The van der Waals surface area contributed by atoms with Gasteiger partial charge < -0.3 is 8.85 Å². The fraction of sp³-hybridized carbons (Fsp3) is 0.846. The quantitative estimate of drug-likeness (QED) is 0.223. The van der Waals surface area contributed by atoms with E-state index in [4.69, 9.17) is 14.3 Å². The molecule has 2 nitrogen and oxygen atoms in total. The van der Waals surface area contributed by atoms with Crippen molar-refractivity contribution in [2.75, 3.05) is 0 Å². The number of hydrogen-bond donors (Lipinski definition) is 0. The molecule has 0 spiro atoms. The highest BCUT2D eigenvalue weighted by Crippen LogP contribution is 2.60. The van der Waals surface area contributed by atoms with Crippen molar-refractivity contribution in [3.8, 4) is 0 Å². The van der Waals surface area contributed by atoms with E-state index in [-0.39, 0.29) is 51.9 Å². The molecule has 0 amide bonds. The number of hydrogen-bond acceptors (Lipinski definition) is 2. The van der Waals surface area contributed by atoms with Crippen LogP contribution in [0.15, 0.2) is 35.5 Å². The summed E-state index contributed by atoms with van der Waals surface area (Å²) >= 11 is 0. The maximum Gasteiger partial charge on any atom is 0.192 e. The maximum atomic E-state index is 9.05. The molecule has 0 radical (unpaired) electrons. The fourth-order valence-electron chi connectivity index (χ4n) is 7.39. The summed E-state index contributed by atoms with van der Waals surface area (Å²) in [7, 11) is -4.02. The largest absolute Gasteiger partial charge is 0.413 e. The van der Waals surface area contributed by atoms with Gasteiger partial charge in [0.1, 0.15) is 0 Å². The van der Waals surface area contributed by atoms with E-state index < -0.39 is 29.4 Å². The summed E-state index contributed by atoms with van der Waals surface area (Å²) in [5, 5.41) is 0.245. The standard InChI is InChI=1S/C39H72O2Si2/c1-28(2)18-16-19-29(3)34-23-24-35-31(20-17-25-39(34,35)11)21-22-32-26-33(40-42(12,13)37(5,6)7)27-36(30(32)4)41-43(14,15)38(8,9)10/h21-22,28-29,33-36H,4,16-20,23-27H2,1-3,5-15H3/b31-21+,32-22-/t29-,33-,34-,35?,36+,39-/m1/s1/i16D2,19D2. The lowest BCUT2D eigenvalue weighted by Crippen LogP contribution is -2.49. The van der Waals surface area contributed by atoms with Gasteiger partial charge in [0.2, 0.25) is 0 Å². The van der Waals surface area contributed by atoms with Crippen LogP contribution < -0.4 is 0 Å². The zero-order chi connectivity index (χ0) is 36.2. The summed E-state index contributed by atoms with van der Waals surface area (Å²) in [6, 6.07) is 0. The Hall–Kier alpha value is -0.426. The minimum atomic E-state index is -2.03. The van der Waals surface area contributed by atoms with Crippen LogP contribution in [-0.2, 0) is 8.85 Å². The van der Waals surface area contributed by atoms with Crippen LogP contribution in [0.25, 0.3) is 0 Å². The van der Waals surface area contributed by atoms with Gasteiger partial charge in [-0.15, -0.1) is 0 Å². The van der Waals surface area contributed by atoms with Crippen molar-refractivity contribution in [3.63, 3.8) is 0 Å². The van der Waals surface area contributed by atoms with Crippen LogP contribution in [0.2, 0.25) is 36.3 Å². The number of rotatable bonds is 10. The van der Waals surface area contributed by atoms with Crippen LogP contribution in [0, 0.1) is 29.1 Å². The summed E-state index contributed by atoms with van der Waals surface area (Å²) < 4.78 is 49.7.